The molecule has 0 aliphatic carbocycles. The summed E-state index contributed by atoms with van der Waals surface area (Å²) in [5.74, 6) is -1.16. The number of hydrogen-bond donors (Lipinski definition) is 2. The molecule has 9 nitrogen and oxygen atoms in total. The fraction of sp³-hybridized carbons (Fsp3) is 0.0526. The zero-order valence-electron chi connectivity index (χ0n) is 15.5. The molecule has 0 spiro atoms. The quantitative estimate of drug-likeness (QED) is 0.510. The van der Waals surface area contributed by atoms with Crippen molar-refractivity contribution in [3.63, 3.8) is 0 Å². The van der Waals surface area contributed by atoms with Gasteiger partial charge in [0.2, 0.25) is 5.91 Å². The van der Waals surface area contributed by atoms with Crippen LogP contribution in [0.3, 0.4) is 0 Å². The van der Waals surface area contributed by atoms with Gasteiger partial charge in [0.25, 0.3) is 5.91 Å². The van der Waals surface area contributed by atoms with Crippen LogP contribution in [0.1, 0.15) is 17.3 Å². The minimum atomic E-state index is -0.525. The molecule has 0 aliphatic rings. The molecule has 0 atom stereocenters. The highest BCUT2D eigenvalue weighted by molar-refractivity contribution is 7.14. The Hall–Kier alpha value is -3.99. The molecule has 150 valence electrons. The van der Waals surface area contributed by atoms with Crippen LogP contribution in [0.4, 0.5) is 15.2 Å². The fourth-order valence-corrected chi connectivity index (χ4v) is 3.38. The molecular weight excluding hydrogens is 409 g/mol. The summed E-state index contributed by atoms with van der Waals surface area (Å²) in [4.78, 5) is 27.8. The highest BCUT2D eigenvalue weighted by Gasteiger charge is 2.13. The van der Waals surface area contributed by atoms with Gasteiger partial charge in [-0.2, -0.15) is 0 Å². The SMILES string of the molecule is CC(=O)Nc1ccc(-c2csc(NC(=O)c3ccc(-n4cnnn4)cc3)n2)c(F)c1. The molecule has 0 unspecified atom stereocenters. The predicted molar refractivity (Wildman–Crippen MR) is 109 cm³/mol. The third kappa shape index (κ3) is 4.20. The van der Waals surface area contributed by atoms with E-state index in [2.05, 4.69) is 31.1 Å². The van der Waals surface area contributed by atoms with Crippen LogP contribution in [0.25, 0.3) is 16.9 Å². The minimum absolute atomic E-state index is 0.270. The molecule has 4 aromatic rings. The Morgan fingerprint density at radius 3 is 2.57 bits per heavy atom. The molecule has 0 fully saturated rings. The summed E-state index contributed by atoms with van der Waals surface area (Å²) in [7, 11) is 0. The van der Waals surface area contributed by atoms with Crippen LogP contribution in [-0.4, -0.2) is 37.0 Å². The Labute approximate surface area is 173 Å². The number of benzene rings is 2. The first-order valence-electron chi connectivity index (χ1n) is 8.67. The first kappa shape index (κ1) is 19.3. The van der Waals surface area contributed by atoms with Gasteiger partial charge in [0.1, 0.15) is 12.1 Å². The van der Waals surface area contributed by atoms with Crippen LogP contribution in [0.2, 0.25) is 0 Å². The Morgan fingerprint density at radius 2 is 1.90 bits per heavy atom. The molecule has 2 aromatic carbocycles. The molecule has 2 amide bonds. The monoisotopic (exact) mass is 423 g/mol. The summed E-state index contributed by atoms with van der Waals surface area (Å²) in [5.41, 5.74) is 2.15. The number of hydrogen-bond acceptors (Lipinski definition) is 7. The lowest BCUT2D eigenvalue weighted by atomic mass is 10.1. The van der Waals surface area contributed by atoms with Crippen molar-refractivity contribution in [3.05, 3.63) is 65.6 Å². The molecule has 30 heavy (non-hydrogen) atoms. The summed E-state index contributed by atoms with van der Waals surface area (Å²) in [6, 6.07) is 11.0. The highest BCUT2D eigenvalue weighted by atomic mass is 32.1. The number of nitrogens with one attached hydrogen (secondary N) is 2. The van der Waals surface area contributed by atoms with Gasteiger partial charge < -0.3 is 5.32 Å². The lowest BCUT2D eigenvalue weighted by Gasteiger charge is -2.05. The average molecular weight is 423 g/mol. The van der Waals surface area contributed by atoms with Gasteiger partial charge in [-0.1, -0.05) is 0 Å². The topological polar surface area (TPSA) is 115 Å². The van der Waals surface area contributed by atoms with E-state index in [4.69, 9.17) is 0 Å². The van der Waals surface area contributed by atoms with Crippen molar-refractivity contribution in [2.75, 3.05) is 10.6 Å². The van der Waals surface area contributed by atoms with Crippen molar-refractivity contribution in [1.29, 1.82) is 0 Å². The van der Waals surface area contributed by atoms with Crippen molar-refractivity contribution in [2.24, 2.45) is 0 Å². The third-order valence-corrected chi connectivity index (χ3v) is 4.79. The normalized spacial score (nSPS) is 10.6. The van der Waals surface area contributed by atoms with Gasteiger partial charge >= 0.3 is 0 Å². The standard InChI is InChI=1S/C19H14FN7O2S/c1-11(28)22-13-4-7-15(16(20)8-13)17-9-30-19(23-17)24-18(29)12-2-5-14(6-3-12)27-10-21-25-26-27/h2-10H,1H3,(H,22,28)(H,23,24,29). The van der Waals surface area contributed by atoms with E-state index in [0.717, 1.165) is 0 Å². The maximum atomic E-state index is 14.4. The molecule has 11 heteroatoms. The van der Waals surface area contributed by atoms with E-state index in [-0.39, 0.29) is 17.4 Å². The lowest BCUT2D eigenvalue weighted by Crippen LogP contribution is -2.11. The molecule has 4 rings (SSSR count). The number of nitrogens with zero attached hydrogens (tertiary/aromatic N) is 5. The van der Waals surface area contributed by atoms with E-state index in [1.807, 2.05) is 0 Å². The van der Waals surface area contributed by atoms with E-state index < -0.39 is 5.82 Å². The predicted octanol–water partition coefficient (Wildman–Crippen LogP) is 3.14. The second-order valence-electron chi connectivity index (χ2n) is 6.17. The minimum Gasteiger partial charge on any atom is -0.326 e. The second-order valence-corrected chi connectivity index (χ2v) is 7.03. The molecule has 2 heterocycles. The molecule has 0 saturated carbocycles. The molecular formula is C19H14FN7O2S. The van der Waals surface area contributed by atoms with Crippen LogP contribution >= 0.6 is 11.3 Å². The lowest BCUT2D eigenvalue weighted by molar-refractivity contribution is -0.114. The van der Waals surface area contributed by atoms with Gasteiger partial charge in [-0.3, -0.25) is 14.9 Å². The number of halogens is 1. The summed E-state index contributed by atoms with van der Waals surface area (Å²) in [6.45, 7) is 1.35. The summed E-state index contributed by atoms with van der Waals surface area (Å²) in [6.07, 6.45) is 1.45. The Kier molecular flexibility index (Phi) is 5.26. The van der Waals surface area contributed by atoms with Crippen molar-refractivity contribution in [2.45, 2.75) is 6.92 Å². The molecule has 0 saturated heterocycles. The molecule has 0 aliphatic heterocycles. The van der Waals surface area contributed by atoms with E-state index in [1.54, 1.807) is 35.7 Å². The number of carbonyl (C=O) groups excluding carboxylic acids is 2. The molecule has 0 bridgehead atoms. The van der Waals surface area contributed by atoms with Crippen LogP contribution in [0.5, 0.6) is 0 Å². The summed E-state index contributed by atoms with van der Waals surface area (Å²) in [5, 5.41) is 18.1. The van der Waals surface area contributed by atoms with Crippen LogP contribution < -0.4 is 10.6 Å². The smallest absolute Gasteiger partial charge is 0.257 e. The number of thiazole rings is 1. The maximum absolute atomic E-state index is 14.4. The summed E-state index contributed by atoms with van der Waals surface area (Å²) < 4.78 is 15.9. The van der Waals surface area contributed by atoms with Crippen LogP contribution in [-0.2, 0) is 4.79 Å². The number of carbonyl (C=O) groups is 2. The van der Waals surface area contributed by atoms with Crippen molar-refractivity contribution >= 4 is 34.0 Å². The van der Waals surface area contributed by atoms with E-state index in [0.29, 0.717) is 27.8 Å². The Bertz CT molecular complexity index is 1210. The van der Waals surface area contributed by atoms with E-state index in [9.17, 15) is 14.0 Å². The van der Waals surface area contributed by atoms with Gasteiger partial charge in [-0.05, 0) is 52.9 Å². The number of rotatable bonds is 5. The first-order valence-corrected chi connectivity index (χ1v) is 9.55. The number of amides is 2. The highest BCUT2D eigenvalue weighted by Crippen LogP contribution is 2.29. The van der Waals surface area contributed by atoms with E-state index in [1.165, 1.54) is 41.4 Å². The van der Waals surface area contributed by atoms with Crippen molar-refractivity contribution in [3.8, 4) is 16.9 Å². The zero-order valence-corrected chi connectivity index (χ0v) is 16.4. The third-order valence-electron chi connectivity index (χ3n) is 4.03. The summed E-state index contributed by atoms with van der Waals surface area (Å²) >= 11 is 1.18. The van der Waals surface area contributed by atoms with Crippen LogP contribution in [0, 0.1) is 5.82 Å². The van der Waals surface area contributed by atoms with Gasteiger partial charge in [-0.25, -0.2) is 14.1 Å². The van der Waals surface area contributed by atoms with Gasteiger partial charge in [0.15, 0.2) is 5.13 Å². The van der Waals surface area contributed by atoms with E-state index >= 15 is 0 Å². The van der Waals surface area contributed by atoms with Gasteiger partial charge in [0.05, 0.1) is 11.4 Å². The van der Waals surface area contributed by atoms with Crippen molar-refractivity contribution < 1.29 is 14.0 Å². The Morgan fingerprint density at radius 1 is 1.10 bits per heavy atom. The molecule has 2 N–H and O–H groups in total. The number of aromatic nitrogens is 5. The van der Waals surface area contributed by atoms with Gasteiger partial charge in [0, 0.05) is 29.1 Å². The maximum Gasteiger partial charge on any atom is 0.257 e. The van der Waals surface area contributed by atoms with Gasteiger partial charge in [-0.15, -0.1) is 16.4 Å². The first-order chi connectivity index (χ1) is 14.5. The zero-order chi connectivity index (χ0) is 21.1. The largest absolute Gasteiger partial charge is 0.326 e. The van der Waals surface area contributed by atoms with Crippen LogP contribution in [0.15, 0.2) is 54.2 Å². The number of anilines is 2. The average Bonchev–Trinajstić information content (AvgIpc) is 3.40. The number of tetrazole rings is 1. The fourth-order valence-electron chi connectivity index (χ4n) is 2.67. The molecule has 2 aromatic heterocycles. The Balaban J connectivity index is 1.47. The molecule has 0 radical (unpaired) electrons. The second kappa shape index (κ2) is 8.17. The van der Waals surface area contributed by atoms with Crippen molar-refractivity contribution in [1.82, 2.24) is 25.2 Å².